The fourth-order valence-electron chi connectivity index (χ4n) is 3.46. The summed E-state index contributed by atoms with van der Waals surface area (Å²) in [4.78, 5) is 0. The lowest BCUT2D eigenvalue weighted by molar-refractivity contribution is 0.226. The molecule has 0 saturated heterocycles. The molecular formula is C18H29N. The summed E-state index contributed by atoms with van der Waals surface area (Å²) in [6, 6.07) is 8.93. The third kappa shape index (κ3) is 3.82. The summed E-state index contributed by atoms with van der Waals surface area (Å²) in [6.45, 7) is 3.13. The van der Waals surface area contributed by atoms with Crippen molar-refractivity contribution in [3.63, 3.8) is 0 Å². The van der Waals surface area contributed by atoms with Crippen LogP contribution in [0.1, 0.15) is 63.0 Å². The van der Waals surface area contributed by atoms with Gasteiger partial charge >= 0.3 is 0 Å². The van der Waals surface area contributed by atoms with Crippen molar-refractivity contribution < 1.29 is 0 Å². The summed E-state index contributed by atoms with van der Waals surface area (Å²) in [5.74, 6) is 0. The van der Waals surface area contributed by atoms with Crippen LogP contribution in [0.4, 0.5) is 0 Å². The molecule has 19 heavy (non-hydrogen) atoms. The predicted octanol–water partition coefficient (Wildman–Crippen LogP) is 4.48. The van der Waals surface area contributed by atoms with Crippen LogP contribution in [0.25, 0.3) is 0 Å². The highest BCUT2D eigenvalue weighted by molar-refractivity contribution is 5.31. The first-order valence-corrected chi connectivity index (χ1v) is 8.06. The zero-order chi connectivity index (χ0) is 13.6. The van der Waals surface area contributed by atoms with Gasteiger partial charge in [-0.15, -0.1) is 0 Å². The second kappa shape index (κ2) is 7.09. The Bertz CT molecular complexity index is 385. The number of fused-ring (bicyclic) bond motifs is 1. The molecule has 1 aliphatic carbocycles. The minimum absolute atomic E-state index is 0.389. The molecule has 0 heterocycles. The van der Waals surface area contributed by atoms with Gasteiger partial charge in [0, 0.05) is 0 Å². The van der Waals surface area contributed by atoms with Gasteiger partial charge in [0.05, 0.1) is 0 Å². The summed E-state index contributed by atoms with van der Waals surface area (Å²) >= 11 is 0. The quantitative estimate of drug-likeness (QED) is 0.718. The van der Waals surface area contributed by atoms with Crippen molar-refractivity contribution in [2.24, 2.45) is 11.1 Å². The Kier molecular flexibility index (Phi) is 5.45. The molecule has 2 N–H and O–H groups in total. The van der Waals surface area contributed by atoms with Crippen molar-refractivity contribution in [2.45, 2.75) is 64.7 Å². The van der Waals surface area contributed by atoms with Crippen molar-refractivity contribution in [3.05, 3.63) is 35.4 Å². The normalized spacial score (nSPS) is 22.2. The first-order valence-electron chi connectivity index (χ1n) is 8.06. The van der Waals surface area contributed by atoms with Crippen molar-refractivity contribution in [1.82, 2.24) is 0 Å². The van der Waals surface area contributed by atoms with Crippen molar-refractivity contribution in [2.75, 3.05) is 6.54 Å². The van der Waals surface area contributed by atoms with Gasteiger partial charge in [-0.1, -0.05) is 63.3 Å². The highest BCUT2D eigenvalue weighted by Gasteiger charge is 2.32. The number of unbranched alkanes of at least 4 members (excludes halogenated alkanes) is 4. The molecule has 1 atom stereocenters. The maximum atomic E-state index is 6.14. The van der Waals surface area contributed by atoms with Crippen LogP contribution in [-0.4, -0.2) is 6.54 Å². The maximum Gasteiger partial charge on any atom is -0.00172 e. The van der Waals surface area contributed by atoms with E-state index in [1.165, 1.54) is 57.8 Å². The van der Waals surface area contributed by atoms with E-state index in [1.807, 2.05) is 0 Å². The number of rotatable bonds is 7. The number of hydrogen-bond acceptors (Lipinski definition) is 1. The van der Waals surface area contributed by atoms with Crippen LogP contribution in [0.5, 0.6) is 0 Å². The SMILES string of the molecule is CCCCCCCC1(CN)CCc2ccccc2C1. The van der Waals surface area contributed by atoms with Crippen molar-refractivity contribution >= 4 is 0 Å². The van der Waals surface area contributed by atoms with Crippen LogP contribution in [0, 0.1) is 5.41 Å². The van der Waals surface area contributed by atoms with Gasteiger partial charge in [-0.2, -0.15) is 0 Å². The molecule has 106 valence electrons. The van der Waals surface area contributed by atoms with Gasteiger partial charge in [0.25, 0.3) is 0 Å². The van der Waals surface area contributed by atoms with Gasteiger partial charge in [0.1, 0.15) is 0 Å². The molecule has 0 amide bonds. The minimum atomic E-state index is 0.389. The smallest absolute Gasteiger partial charge is 0.00172 e. The standard InChI is InChI=1S/C18H29N/c1-2-3-4-5-8-12-18(15-19)13-11-16-9-6-7-10-17(16)14-18/h6-7,9-10H,2-5,8,11-15,19H2,1H3. The van der Waals surface area contributed by atoms with Gasteiger partial charge in [-0.05, 0) is 48.8 Å². The van der Waals surface area contributed by atoms with E-state index < -0.39 is 0 Å². The van der Waals surface area contributed by atoms with Crippen LogP contribution in [0.2, 0.25) is 0 Å². The molecule has 1 aromatic rings. The Morgan fingerprint density at radius 3 is 2.53 bits per heavy atom. The van der Waals surface area contributed by atoms with E-state index in [-0.39, 0.29) is 0 Å². The van der Waals surface area contributed by atoms with E-state index >= 15 is 0 Å². The van der Waals surface area contributed by atoms with Crippen LogP contribution >= 0.6 is 0 Å². The monoisotopic (exact) mass is 259 g/mol. The van der Waals surface area contributed by atoms with E-state index in [2.05, 4.69) is 31.2 Å². The first kappa shape index (κ1) is 14.6. The summed E-state index contributed by atoms with van der Waals surface area (Å²) in [5, 5.41) is 0. The Morgan fingerprint density at radius 2 is 1.79 bits per heavy atom. The van der Waals surface area contributed by atoms with E-state index in [9.17, 15) is 0 Å². The average Bonchev–Trinajstić information content (AvgIpc) is 2.47. The summed E-state index contributed by atoms with van der Waals surface area (Å²) < 4.78 is 0. The number of hydrogen-bond donors (Lipinski definition) is 1. The molecule has 0 bridgehead atoms. The maximum absolute atomic E-state index is 6.14. The molecule has 0 fully saturated rings. The van der Waals surface area contributed by atoms with Crippen molar-refractivity contribution in [1.29, 1.82) is 0 Å². The molecule has 2 rings (SSSR count). The Morgan fingerprint density at radius 1 is 1.05 bits per heavy atom. The topological polar surface area (TPSA) is 26.0 Å². The van der Waals surface area contributed by atoms with E-state index in [0.29, 0.717) is 5.41 Å². The number of aryl methyl sites for hydroxylation is 1. The molecular weight excluding hydrogens is 230 g/mol. The predicted molar refractivity (Wildman–Crippen MR) is 83.3 cm³/mol. The largest absolute Gasteiger partial charge is 0.330 e. The summed E-state index contributed by atoms with van der Waals surface area (Å²) in [5.41, 5.74) is 9.63. The molecule has 0 aromatic heterocycles. The molecule has 0 aliphatic heterocycles. The summed E-state index contributed by atoms with van der Waals surface area (Å²) in [7, 11) is 0. The van der Waals surface area contributed by atoms with Crippen LogP contribution in [0.3, 0.4) is 0 Å². The molecule has 1 heteroatoms. The molecule has 0 saturated carbocycles. The van der Waals surface area contributed by atoms with E-state index in [0.717, 1.165) is 6.54 Å². The van der Waals surface area contributed by atoms with Crippen molar-refractivity contribution in [3.8, 4) is 0 Å². The zero-order valence-electron chi connectivity index (χ0n) is 12.5. The second-order valence-corrected chi connectivity index (χ2v) is 6.31. The Hall–Kier alpha value is -0.820. The highest BCUT2D eigenvalue weighted by atomic mass is 14.6. The van der Waals surface area contributed by atoms with Crippen LogP contribution in [-0.2, 0) is 12.8 Å². The van der Waals surface area contributed by atoms with Gasteiger partial charge in [0.2, 0.25) is 0 Å². The van der Waals surface area contributed by atoms with Gasteiger partial charge in [0.15, 0.2) is 0 Å². The number of nitrogens with two attached hydrogens (primary N) is 1. The van der Waals surface area contributed by atoms with E-state index in [1.54, 1.807) is 11.1 Å². The van der Waals surface area contributed by atoms with Crippen LogP contribution in [0.15, 0.2) is 24.3 Å². The average molecular weight is 259 g/mol. The first-order chi connectivity index (χ1) is 9.29. The highest BCUT2D eigenvalue weighted by Crippen LogP contribution is 2.38. The van der Waals surface area contributed by atoms with Crippen LogP contribution < -0.4 is 5.73 Å². The molecule has 1 unspecified atom stereocenters. The lowest BCUT2D eigenvalue weighted by Gasteiger charge is -2.37. The lowest BCUT2D eigenvalue weighted by Crippen LogP contribution is -2.36. The molecule has 1 nitrogen and oxygen atoms in total. The third-order valence-corrected chi connectivity index (χ3v) is 4.85. The molecule has 0 spiro atoms. The second-order valence-electron chi connectivity index (χ2n) is 6.31. The number of benzene rings is 1. The van der Waals surface area contributed by atoms with Gasteiger partial charge < -0.3 is 5.73 Å². The minimum Gasteiger partial charge on any atom is -0.330 e. The Balaban J connectivity index is 1.90. The molecule has 1 aliphatic rings. The lowest BCUT2D eigenvalue weighted by atomic mass is 9.69. The fourth-order valence-corrected chi connectivity index (χ4v) is 3.46. The zero-order valence-corrected chi connectivity index (χ0v) is 12.5. The molecule has 1 aromatic carbocycles. The Labute approximate surface area is 118 Å². The third-order valence-electron chi connectivity index (χ3n) is 4.85. The van der Waals surface area contributed by atoms with Gasteiger partial charge in [-0.3, -0.25) is 0 Å². The summed E-state index contributed by atoms with van der Waals surface area (Å²) in [6.07, 6.45) is 11.9. The molecule has 0 radical (unpaired) electrons. The fraction of sp³-hybridized carbons (Fsp3) is 0.667. The van der Waals surface area contributed by atoms with E-state index in [4.69, 9.17) is 5.73 Å². The van der Waals surface area contributed by atoms with Gasteiger partial charge in [-0.25, -0.2) is 0 Å².